The third kappa shape index (κ3) is 1.32. The van der Waals surface area contributed by atoms with E-state index >= 15 is 0 Å². The third-order valence-corrected chi connectivity index (χ3v) is 3.68. The molecule has 78 valence electrons. The van der Waals surface area contributed by atoms with Crippen LogP contribution in [0.3, 0.4) is 0 Å². The highest BCUT2D eigenvalue weighted by Gasteiger charge is 2.37. The Hall–Kier alpha value is -0.870. The van der Waals surface area contributed by atoms with Crippen LogP contribution in [0.4, 0.5) is 0 Å². The molecule has 0 spiro atoms. The predicted octanol–water partition coefficient (Wildman–Crippen LogP) is 2.43. The van der Waals surface area contributed by atoms with Crippen LogP contribution >= 0.6 is 15.9 Å². The highest BCUT2D eigenvalue weighted by Crippen LogP contribution is 2.38. The maximum atomic E-state index is 6.28. The number of halogens is 1. The fourth-order valence-electron chi connectivity index (χ4n) is 2.12. The normalized spacial score (nSPS) is 19.1. The summed E-state index contributed by atoms with van der Waals surface area (Å²) in [6, 6.07) is 4.07. The van der Waals surface area contributed by atoms with Crippen molar-refractivity contribution in [3.63, 3.8) is 0 Å². The molecular weight excluding hydrogens is 254 g/mol. The first-order valence-corrected chi connectivity index (χ1v) is 5.90. The van der Waals surface area contributed by atoms with Gasteiger partial charge in [0.15, 0.2) is 0 Å². The maximum Gasteiger partial charge on any atom is 0.133 e. The zero-order valence-electron chi connectivity index (χ0n) is 8.28. The van der Waals surface area contributed by atoms with E-state index in [1.807, 2.05) is 18.5 Å². The molecular formula is C11H12BrN3. The fraction of sp³-hybridized carbons (Fsp3) is 0.364. The van der Waals surface area contributed by atoms with E-state index in [4.69, 9.17) is 5.73 Å². The van der Waals surface area contributed by atoms with Crippen LogP contribution in [0.2, 0.25) is 0 Å². The summed E-state index contributed by atoms with van der Waals surface area (Å²) in [6.07, 6.45) is 7.20. The van der Waals surface area contributed by atoms with Crippen molar-refractivity contribution in [2.75, 3.05) is 0 Å². The lowest BCUT2D eigenvalue weighted by Gasteiger charge is -2.36. The number of fused-ring (bicyclic) bond motifs is 1. The topological polar surface area (TPSA) is 43.3 Å². The summed E-state index contributed by atoms with van der Waals surface area (Å²) in [7, 11) is 0. The van der Waals surface area contributed by atoms with Gasteiger partial charge in [-0.15, -0.1) is 0 Å². The molecule has 0 atom stereocenters. The van der Waals surface area contributed by atoms with E-state index in [1.54, 1.807) is 0 Å². The van der Waals surface area contributed by atoms with E-state index in [9.17, 15) is 0 Å². The second-order valence-electron chi connectivity index (χ2n) is 4.23. The molecule has 0 saturated heterocycles. The Labute approximate surface area is 96.4 Å². The minimum absolute atomic E-state index is 0.194. The first kappa shape index (κ1) is 9.36. The van der Waals surface area contributed by atoms with Crippen LogP contribution in [0.1, 0.15) is 25.1 Å². The molecule has 3 rings (SSSR count). The number of hydrogen-bond donors (Lipinski definition) is 1. The Balaban J connectivity index is 2.20. The van der Waals surface area contributed by atoms with Crippen molar-refractivity contribution >= 4 is 21.4 Å². The molecule has 0 aromatic carbocycles. The second kappa shape index (κ2) is 3.06. The highest BCUT2D eigenvalue weighted by molar-refractivity contribution is 9.10. The van der Waals surface area contributed by atoms with E-state index in [2.05, 4.69) is 31.4 Å². The Morgan fingerprint density at radius 2 is 2.27 bits per heavy atom. The number of nitrogens with two attached hydrogens (primary N) is 1. The molecule has 2 aromatic rings. The van der Waals surface area contributed by atoms with Crippen LogP contribution in [-0.2, 0) is 5.54 Å². The van der Waals surface area contributed by atoms with Gasteiger partial charge in [-0.25, -0.2) is 4.98 Å². The highest BCUT2D eigenvalue weighted by atomic mass is 79.9. The van der Waals surface area contributed by atoms with E-state index in [0.29, 0.717) is 0 Å². The average Bonchev–Trinajstić information content (AvgIpc) is 2.57. The van der Waals surface area contributed by atoms with Crippen LogP contribution in [0.15, 0.2) is 29.0 Å². The number of nitrogens with zero attached hydrogens (tertiary/aromatic N) is 2. The van der Waals surface area contributed by atoms with Crippen LogP contribution in [-0.4, -0.2) is 9.38 Å². The van der Waals surface area contributed by atoms with Crippen LogP contribution in [0.25, 0.3) is 5.52 Å². The molecule has 1 fully saturated rings. The molecule has 1 aliphatic rings. The first-order chi connectivity index (χ1) is 7.19. The van der Waals surface area contributed by atoms with Crippen molar-refractivity contribution in [1.82, 2.24) is 9.38 Å². The van der Waals surface area contributed by atoms with Gasteiger partial charge in [0.25, 0.3) is 0 Å². The van der Waals surface area contributed by atoms with E-state index < -0.39 is 0 Å². The molecule has 2 aromatic heterocycles. The Morgan fingerprint density at radius 1 is 1.47 bits per heavy atom. The number of rotatable bonds is 1. The lowest BCUT2D eigenvalue weighted by Crippen LogP contribution is -2.44. The summed E-state index contributed by atoms with van der Waals surface area (Å²) < 4.78 is 3.16. The van der Waals surface area contributed by atoms with Gasteiger partial charge in [0.1, 0.15) is 5.82 Å². The molecule has 0 amide bonds. The maximum absolute atomic E-state index is 6.28. The molecule has 1 aliphatic carbocycles. The lowest BCUT2D eigenvalue weighted by atomic mass is 9.77. The SMILES string of the molecule is NC1(c2ncc3cc(Br)ccn23)CCC1. The standard InChI is InChI=1S/C11H12BrN3/c12-8-2-5-15-9(6-8)7-14-10(15)11(13)3-1-4-11/h2,5-7H,1,3-4,13H2. The van der Waals surface area contributed by atoms with E-state index in [-0.39, 0.29) is 5.54 Å². The van der Waals surface area contributed by atoms with Crippen molar-refractivity contribution in [3.8, 4) is 0 Å². The van der Waals surface area contributed by atoms with Gasteiger partial charge in [-0.05, 0) is 31.4 Å². The molecule has 2 heterocycles. The van der Waals surface area contributed by atoms with Crippen LogP contribution < -0.4 is 5.73 Å². The summed E-state index contributed by atoms with van der Waals surface area (Å²) in [5.41, 5.74) is 7.18. The van der Waals surface area contributed by atoms with E-state index in [1.165, 1.54) is 6.42 Å². The van der Waals surface area contributed by atoms with Gasteiger partial charge in [-0.1, -0.05) is 15.9 Å². The summed E-state index contributed by atoms with van der Waals surface area (Å²) >= 11 is 3.45. The Bertz CT molecular complexity index is 514. The third-order valence-electron chi connectivity index (χ3n) is 3.19. The summed E-state index contributed by atoms with van der Waals surface area (Å²) in [5, 5.41) is 0. The monoisotopic (exact) mass is 265 g/mol. The predicted molar refractivity (Wildman–Crippen MR) is 62.6 cm³/mol. The zero-order chi connectivity index (χ0) is 10.5. The molecule has 0 aliphatic heterocycles. The molecule has 3 nitrogen and oxygen atoms in total. The molecule has 4 heteroatoms. The van der Waals surface area contributed by atoms with Gasteiger partial charge in [0, 0.05) is 10.7 Å². The van der Waals surface area contributed by atoms with Gasteiger partial charge < -0.3 is 10.1 Å². The number of pyridine rings is 1. The molecule has 0 radical (unpaired) electrons. The average molecular weight is 266 g/mol. The number of imidazole rings is 1. The zero-order valence-corrected chi connectivity index (χ0v) is 9.87. The summed E-state index contributed by atoms with van der Waals surface area (Å²) in [5.74, 6) is 0.997. The van der Waals surface area contributed by atoms with Crippen molar-refractivity contribution < 1.29 is 0 Å². The van der Waals surface area contributed by atoms with Gasteiger partial charge in [-0.2, -0.15) is 0 Å². The molecule has 15 heavy (non-hydrogen) atoms. The van der Waals surface area contributed by atoms with Gasteiger partial charge >= 0.3 is 0 Å². The smallest absolute Gasteiger partial charge is 0.133 e. The molecule has 0 bridgehead atoms. The lowest BCUT2D eigenvalue weighted by molar-refractivity contribution is 0.237. The van der Waals surface area contributed by atoms with Crippen molar-refractivity contribution in [2.24, 2.45) is 5.73 Å². The molecule has 2 N–H and O–H groups in total. The number of hydrogen-bond acceptors (Lipinski definition) is 2. The van der Waals surface area contributed by atoms with Gasteiger partial charge in [0.05, 0.1) is 17.3 Å². The van der Waals surface area contributed by atoms with Crippen LogP contribution in [0, 0.1) is 0 Å². The van der Waals surface area contributed by atoms with Gasteiger partial charge in [-0.3, -0.25) is 0 Å². The van der Waals surface area contributed by atoms with Crippen LogP contribution in [0.5, 0.6) is 0 Å². The molecule has 0 unspecified atom stereocenters. The second-order valence-corrected chi connectivity index (χ2v) is 5.15. The van der Waals surface area contributed by atoms with Crippen molar-refractivity contribution in [1.29, 1.82) is 0 Å². The Morgan fingerprint density at radius 3 is 2.93 bits per heavy atom. The van der Waals surface area contributed by atoms with Crippen molar-refractivity contribution in [2.45, 2.75) is 24.8 Å². The minimum atomic E-state index is -0.194. The molecule has 1 saturated carbocycles. The Kier molecular flexibility index (Phi) is 1.91. The fourth-order valence-corrected chi connectivity index (χ4v) is 2.48. The quantitative estimate of drug-likeness (QED) is 0.861. The first-order valence-electron chi connectivity index (χ1n) is 5.11. The summed E-state index contributed by atoms with van der Waals surface area (Å²) in [4.78, 5) is 4.45. The summed E-state index contributed by atoms with van der Waals surface area (Å²) in [6.45, 7) is 0. The van der Waals surface area contributed by atoms with Gasteiger partial charge in [0.2, 0.25) is 0 Å². The number of aromatic nitrogens is 2. The van der Waals surface area contributed by atoms with Crippen molar-refractivity contribution in [3.05, 3.63) is 34.8 Å². The van der Waals surface area contributed by atoms with E-state index in [0.717, 1.165) is 28.7 Å². The largest absolute Gasteiger partial charge is 0.319 e. The minimum Gasteiger partial charge on any atom is -0.319 e.